The number of aromatic nitrogens is 1. The number of methoxy groups -OCH3 is 1. The van der Waals surface area contributed by atoms with Crippen LogP contribution in [0, 0.1) is 11.3 Å². The van der Waals surface area contributed by atoms with Crippen molar-refractivity contribution in [1.29, 1.82) is 5.26 Å². The van der Waals surface area contributed by atoms with E-state index < -0.39 is 11.3 Å². The first-order chi connectivity index (χ1) is 12.7. The van der Waals surface area contributed by atoms with E-state index in [2.05, 4.69) is 10.3 Å². The molecule has 2 rings (SSSR count). The van der Waals surface area contributed by atoms with Crippen molar-refractivity contribution in [1.82, 2.24) is 4.98 Å². The standard InChI is InChI=1S/C20H22N4O3/c1-20(2,3)17-14(7-8-23-18(17)19(22)26)24-16(25)10-13-9-12(11-21)5-6-15(13)27-4/h5-9H,10H2,1-4H3,(H2,22,26)(H,23,24,25). The molecule has 0 atom stereocenters. The number of pyridine rings is 1. The molecule has 1 aromatic heterocycles. The molecule has 0 radical (unpaired) electrons. The third-order valence-corrected chi connectivity index (χ3v) is 3.97. The van der Waals surface area contributed by atoms with Crippen LogP contribution in [-0.2, 0) is 16.6 Å². The van der Waals surface area contributed by atoms with Crippen molar-refractivity contribution in [2.75, 3.05) is 12.4 Å². The molecule has 0 fully saturated rings. The van der Waals surface area contributed by atoms with Gasteiger partial charge >= 0.3 is 0 Å². The summed E-state index contributed by atoms with van der Waals surface area (Å²) in [6.45, 7) is 5.72. The van der Waals surface area contributed by atoms with Crippen LogP contribution in [0.25, 0.3) is 0 Å². The fourth-order valence-corrected chi connectivity index (χ4v) is 2.87. The Balaban J connectivity index is 2.36. The van der Waals surface area contributed by atoms with E-state index in [0.717, 1.165) is 0 Å². The van der Waals surface area contributed by atoms with Gasteiger partial charge in [-0.2, -0.15) is 5.26 Å². The van der Waals surface area contributed by atoms with Gasteiger partial charge in [-0.3, -0.25) is 14.6 Å². The second-order valence-electron chi connectivity index (χ2n) is 7.06. The topological polar surface area (TPSA) is 118 Å². The Kier molecular flexibility index (Phi) is 5.81. The molecule has 0 spiro atoms. The summed E-state index contributed by atoms with van der Waals surface area (Å²) in [5, 5.41) is 11.9. The molecule has 0 saturated carbocycles. The number of ether oxygens (including phenoxy) is 1. The zero-order valence-corrected chi connectivity index (χ0v) is 15.8. The van der Waals surface area contributed by atoms with E-state index in [-0.39, 0.29) is 18.0 Å². The third-order valence-electron chi connectivity index (χ3n) is 3.97. The number of carbonyl (C=O) groups is 2. The van der Waals surface area contributed by atoms with E-state index in [0.29, 0.717) is 28.1 Å². The first kappa shape index (κ1) is 19.9. The lowest BCUT2D eigenvalue weighted by Crippen LogP contribution is -2.26. The van der Waals surface area contributed by atoms with Crippen LogP contribution in [0.2, 0.25) is 0 Å². The molecule has 0 aliphatic carbocycles. The smallest absolute Gasteiger partial charge is 0.267 e. The van der Waals surface area contributed by atoms with Crippen molar-refractivity contribution in [3.8, 4) is 11.8 Å². The lowest BCUT2D eigenvalue weighted by Gasteiger charge is -2.24. The summed E-state index contributed by atoms with van der Waals surface area (Å²) < 4.78 is 5.26. The molecule has 2 aromatic rings. The Labute approximate surface area is 158 Å². The molecule has 7 nitrogen and oxygen atoms in total. The van der Waals surface area contributed by atoms with Crippen LogP contribution in [0.5, 0.6) is 5.75 Å². The average molecular weight is 366 g/mol. The molecule has 3 N–H and O–H groups in total. The van der Waals surface area contributed by atoms with E-state index >= 15 is 0 Å². The number of nitrogens with zero attached hydrogens (tertiary/aromatic N) is 2. The number of amides is 2. The molecule has 7 heteroatoms. The van der Waals surface area contributed by atoms with Crippen LogP contribution in [0.4, 0.5) is 5.69 Å². The highest BCUT2D eigenvalue weighted by atomic mass is 16.5. The number of carbonyl (C=O) groups excluding carboxylic acids is 2. The van der Waals surface area contributed by atoms with Gasteiger partial charge in [-0.05, 0) is 29.7 Å². The maximum atomic E-state index is 12.6. The number of anilines is 1. The largest absolute Gasteiger partial charge is 0.496 e. The fourth-order valence-electron chi connectivity index (χ4n) is 2.87. The minimum absolute atomic E-state index is 0.0104. The fraction of sp³-hybridized carbons (Fsp3) is 0.300. The second kappa shape index (κ2) is 7.87. The normalized spacial score (nSPS) is 10.8. The summed E-state index contributed by atoms with van der Waals surface area (Å²) in [5.74, 6) is -0.442. The molecule has 2 amide bonds. The summed E-state index contributed by atoms with van der Waals surface area (Å²) in [5.41, 5.74) is 7.20. The van der Waals surface area contributed by atoms with E-state index in [1.807, 2.05) is 26.8 Å². The van der Waals surface area contributed by atoms with Gasteiger partial charge in [-0.1, -0.05) is 20.8 Å². The second-order valence-corrected chi connectivity index (χ2v) is 7.06. The molecule has 27 heavy (non-hydrogen) atoms. The van der Waals surface area contributed by atoms with Crippen molar-refractivity contribution >= 4 is 17.5 Å². The summed E-state index contributed by atoms with van der Waals surface area (Å²) in [4.78, 5) is 28.4. The van der Waals surface area contributed by atoms with Gasteiger partial charge in [-0.15, -0.1) is 0 Å². The van der Waals surface area contributed by atoms with E-state index in [1.165, 1.54) is 13.3 Å². The Morgan fingerprint density at radius 3 is 2.56 bits per heavy atom. The van der Waals surface area contributed by atoms with Crippen LogP contribution in [0.1, 0.15) is 48.0 Å². The van der Waals surface area contributed by atoms with Crippen molar-refractivity contribution in [3.05, 3.63) is 52.8 Å². The number of benzene rings is 1. The quantitative estimate of drug-likeness (QED) is 0.843. The number of nitrogens with two attached hydrogens (primary N) is 1. The van der Waals surface area contributed by atoms with Crippen LogP contribution >= 0.6 is 0 Å². The summed E-state index contributed by atoms with van der Waals surface area (Å²) >= 11 is 0. The number of primary amides is 1. The molecule has 0 bridgehead atoms. The predicted octanol–water partition coefficient (Wildman–Crippen LogP) is 2.54. The van der Waals surface area contributed by atoms with Gasteiger partial charge in [0.25, 0.3) is 5.91 Å². The molecule has 140 valence electrons. The average Bonchev–Trinajstić information content (AvgIpc) is 2.60. The third kappa shape index (κ3) is 4.61. The Morgan fingerprint density at radius 2 is 2.00 bits per heavy atom. The van der Waals surface area contributed by atoms with E-state index in [4.69, 9.17) is 15.7 Å². The van der Waals surface area contributed by atoms with Gasteiger partial charge in [0.2, 0.25) is 5.91 Å². The highest BCUT2D eigenvalue weighted by Crippen LogP contribution is 2.32. The highest BCUT2D eigenvalue weighted by molar-refractivity contribution is 5.98. The number of nitriles is 1. The van der Waals surface area contributed by atoms with Gasteiger partial charge in [0.05, 0.1) is 25.2 Å². The van der Waals surface area contributed by atoms with Crippen molar-refractivity contribution in [2.24, 2.45) is 5.73 Å². The van der Waals surface area contributed by atoms with E-state index in [1.54, 1.807) is 24.3 Å². The zero-order valence-electron chi connectivity index (χ0n) is 15.8. The molecule has 0 aliphatic rings. The Bertz CT molecular complexity index is 924. The maximum Gasteiger partial charge on any atom is 0.267 e. The molecular weight excluding hydrogens is 344 g/mol. The van der Waals surface area contributed by atoms with Crippen LogP contribution in [0.15, 0.2) is 30.5 Å². The SMILES string of the molecule is COc1ccc(C#N)cc1CC(=O)Nc1ccnc(C(N)=O)c1C(C)(C)C. The van der Waals surface area contributed by atoms with Gasteiger partial charge in [0.1, 0.15) is 11.4 Å². The van der Waals surface area contributed by atoms with Gasteiger partial charge < -0.3 is 15.8 Å². The number of hydrogen-bond acceptors (Lipinski definition) is 5. The van der Waals surface area contributed by atoms with Gasteiger partial charge in [-0.25, -0.2) is 0 Å². The summed E-state index contributed by atoms with van der Waals surface area (Å²) in [7, 11) is 1.50. The lowest BCUT2D eigenvalue weighted by molar-refractivity contribution is -0.115. The minimum atomic E-state index is -0.653. The highest BCUT2D eigenvalue weighted by Gasteiger charge is 2.26. The number of hydrogen-bond donors (Lipinski definition) is 2. The molecule has 1 aromatic carbocycles. The number of nitrogens with one attached hydrogen (secondary N) is 1. The Hall–Kier alpha value is -3.40. The van der Waals surface area contributed by atoms with Gasteiger partial charge in [0, 0.05) is 23.0 Å². The summed E-state index contributed by atoms with van der Waals surface area (Å²) in [6, 6.07) is 8.57. The Morgan fingerprint density at radius 1 is 1.30 bits per heavy atom. The molecule has 0 aliphatic heterocycles. The molecule has 1 heterocycles. The predicted molar refractivity (Wildman–Crippen MR) is 101 cm³/mol. The molecule has 0 unspecified atom stereocenters. The van der Waals surface area contributed by atoms with Crippen LogP contribution in [0.3, 0.4) is 0 Å². The maximum absolute atomic E-state index is 12.6. The first-order valence-corrected chi connectivity index (χ1v) is 8.33. The van der Waals surface area contributed by atoms with Crippen LogP contribution < -0.4 is 15.8 Å². The molecule has 0 saturated heterocycles. The summed E-state index contributed by atoms with van der Waals surface area (Å²) in [6.07, 6.45) is 1.44. The zero-order chi connectivity index (χ0) is 20.2. The van der Waals surface area contributed by atoms with Crippen molar-refractivity contribution < 1.29 is 14.3 Å². The first-order valence-electron chi connectivity index (χ1n) is 8.33. The van der Waals surface area contributed by atoms with E-state index in [9.17, 15) is 9.59 Å². The molecular formula is C20H22N4O3. The van der Waals surface area contributed by atoms with Gasteiger partial charge in [0.15, 0.2) is 0 Å². The van der Waals surface area contributed by atoms with Crippen molar-refractivity contribution in [2.45, 2.75) is 32.6 Å². The lowest BCUT2D eigenvalue weighted by atomic mass is 9.84. The van der Waals surface area contributed by atoms with Crippen LogP contribution in [-0.4, -0.2) is 23.9 Å². The number of rotatable bonds is 5. The van der Waals surface area contributed by atoms with Crippen molar-refractivity contribution in [3.63, 3.8) is 0 Å². The minimum Gasteiger partial charge on any atom is -0.496 e. The monoisotopic (exact) mass is 366 g/mol.